The van der Waals surface area contributed by atoms with E-state index in [1.807, 2.05) is 0 Å². The molecule has 0 aromatic heterocycles. The van der Waals surface area contributed by atoms with Crippen molar-refractivity contribution in [1.82, 2.24) is 0 Å². The summed E-state index contributed by atoms with van der Waals surface area (Å²) < 4.78 is 36.9. The highest BCUT2D eigenvalue weighted by atomic mass is 35.5. The number of halogens is 5. The normalized spacial score (nSPS) is 12.4. The summed E-state index contributed by atoms with van der Waals surface area (Å²) in [6.07, 6.45) is -2.71. The molecule has 0 aliphatic rings. The molecule has 0 radical (unpaired) electrons. The van der Waals surface area contributed by atoms with Crippen LogP contribution in [-0.4, -0.2) is 6.43 Å². The Morgan fingerprint density at radius 2 is 1.86 bits per heavy atom. The van der Waals surface area contributed by atoms with Crippen LogP contribution in [0.4, 0.5) is 13.2 Å². The van der Waals surface area contributed by atoms with Crippen molar-refractivity contribution < 1.29 is 13.2 Å². The Morgan fingerprint density at radius 3 is 2.29 bits per heavy atom. The number of alkyl halides is 2. The van der Waals surface area contributed by atoms with E-state index in [1.165, 1.54) is 12.1 Å². The lowest BCUT2D eigenvalue weighted by molar-refractivity contribution is 0.116. The van der Waals surface area contributed by atoms with Gasteiger partial charge in [-0.3, -0.25) is 0 Å². The summed E-state index contributed by atoms with van der Waals surface area (Å²) in [5.74, 6) is -0.740. The lowest BCUT2D eigenvalue weighted by Crippen LogP contribution is -2.18. The summed E-state index contributed by atoms with van der Waals surface area (Å²) in [6, 6.07) is 1.93. The van der Waals surface area contributed by atoms with Crippen molar-refractivity contribution >= 4 is 24.0 Å². The van der Waals surface area contributed by atoms with E-state index in [0.717, 1.165) is 6.07 Å². The van der Waals surface area contributed by atoms with Crippen LogP contribution in [0.2, 0.25) is 5.02 Å². The first-order valence-corrected chi connectivity index (χ1v) is 3.89. The van der Waals surface area contributed by atoms with Crippen molar-refractivity contribution in [3.05, 3.63) is 34.6 Å². The zero-order valence-electron chi connectivity index (χ0n) is 6.88. The summed E-state index contributed by atoms with van der Waals surface area (Å²) in [6.45, 7) is 0. The molecule has 0 saturated carbocycles. The van der Waals surface area contributed by atoms with Gasteiger partial charge in [0.25, 0.3) is 6.43 Å². The average molecular weight is 246 g/mol. The van der Waals surface area contributed by atoms with Gasteiger partial charge < -0.3 is 5.73 Å². The van der Waals surface area contributed by atoms with Crippen molar-refractivity contribution in [2.45, 2.75) is 12.5 Å². The zero-order valence-corrected chi connectivity index (χ0v) is 8.46. The van der Waals surface area contributed by atoms with E-state index in [4.69, 9.17) is 17.3 Å². The van der Waals surface area contributed by atoms with Gasteiger partial charge in [-0.1, -0.05) is 17.7 Å². The van der Waals surface area contributed by atoms with Gasteiger partial charge in [0, 0.05) is 0 Å². The van der Waals surface area contributed by atoms with Crippen molar-refractivity contribution in [2.75, 3.05) is 0 Å². The van der Waals surface area contributed by atoms with Gasteiger partial charge in [0.1, 0.15) is 5.82 Å². The van der Waals surface area contributed by atoms with Gasteiger partial charge >= 0.3 is 0 Å². The third kappa shape index (κ3) is 3.04. The van der Waals surface area contributed by atoms with Crippen molar-refractivity contribution in [1.29, 1.82) is 0 Å². The third-order valence-electron chi connectivity index (χ3n) is 1.60. The molecule has 1 rings (SSSR count). The molecule has 0 heterocycles. The standard InChI is InChI=1S/C8H7ClF3N.ClH/c9-5-2-1-4(3-6(5)10)7(13)8(11)12;/h1-3,7-8H,13H2;1H/t7-;/m0./s1. The van der Waals surface area contributed by atoms with Crippen LogP contribution in [0.1, 0.15) is 11.6 Å². The Morgan fingerprint density at radius 1 is 1.29 bits per heavy atom. The number of hydrogen-bond donors (Lipinski definition) is 1. The molecule has 0 bridgehead atoms. The molecular weight excluding hydrogens is 238 g/mol. The molecule has 14 heavy (non-hydrogen) atoms. The van der Waals surface area contributed by atoms with Crippen LogP contribution in [0.15, 0.2) is 18.2 Å². The number of rotatable bonds is 2. The summed E-state index contributed by atoms with van der Waals surface area (Å²) >= 11 is 5.36. The fourth-order valence-corrected chi connectivity index (χ4v) is 0.983. The van der Waals surface area contributed by atoms with Crippen LogP contribution in [0.5, 0.6) is 0 Å². The smallest absolute Gasteiger partial charge is 0.257 e. The minimum atomic E-state index is -2.71. The van der Waals surface area contributed by atoms with E-state index >= 15 is 0 Å². The first kappa shape index (κ1) is 13.5. The largest absolute Gasteiger partial charge is 0.319 e. The molecule has 1 nitrogen and oxygen atoms in total. The second-order valence-electron chi connectivity index (χ2n) is 2.53. The first-order valence-electron chi connectivity index (χ1n) is 3.51. The lowest BCUT2D eigenvalue weighted by Gasteiger charge is -2.10. The second-order valence-corrected chi connectivity index (χ2v) is 2.94. The molecule has 1 atom stereocenters. The van der Waals surface area contributed by atoms with Crippen LogP contribution >= 0.6 is 24.0 Å². The van der Waals surface area contributed by atoms with Crippen molar-refractivity contribution in [3.8, 4) is 0 Å². The molecule has 1 aromatic rings. The predicted molar refractivity (Wildman–Crippen MR) is 51.6 cm³/mol. The Balaban J connectivity index is 0.00000169. The topological polar surface area (TPSA) is 26.0 Å². The highest BCUT2D eigenvalue weighted by molar-refractivity contribution is 6.30. The summed E-state index contributed by atoms with van der Waals surface area (Å²) in [4.78, 5) is 0. The van der Waals surface area contributed by atoms with Gasteiger partial charge in [0.05, 0.1) is 11.1 Å². The zero-order chi connectivity index (χ0) is 10.0. The van der Waals surface area contributed by atoms with Crippen LogP contribution in [0.25, 0.3) is 0 Å². The van der Waals surface area contributed by atoms with Crippen molar-refractivity contribution in [2.24, 2.45) is 5.73 Å². The lowest BCUT2D eigenvalue weighted by atomic mass is 10.1. The minimum Gasteiger partial charge on any atom is -0.319 e. The Kier molecular flexibility index (Phi) is 5.26. The molecule has 6 heteroatoms. The maximum absolute atomic E-state index is 12.8. The molecule has 0 spiro atoms. The molecule has 0 amide bonds. The maximum Gasteiger partial charge on any atom is 0.257 e. The van der Waals surface area contributed by atoms with Crippen LogP contribution in [-0.2, 0) is 0 Å². The molecule has 0 unspecified atom stereocenters. The van der Waals surface area contributed by atoms with Gasteiger partial charge in [-0.2, -0.15) is 0 Å². The quantitative estimate of drug-likeness (QED) is 0.852. The SMILES string of the molecule is Cl.N[C@@H](c1ccc(Cl)c(F)c1)C(F)F. The summed E-state index contributed by atoms with van der Waals surface area (Å²) in [5.41, 5.74) is 5.14. The number of hydrogen-bond acceptors (Lipinski definition) is 1. The highest BCUT2D eigenvalue weighted by Gasteiger charge is 2.18. The van der Waals surface area contributed by atoms with E-state index < -0.39 is 18.3 Å². The number of nitrogens with two attached hydrogens (primary N) is 1. The van der Waals surface area contributed by atoms with E-state index in [-0.39, 0.29) is 23.0 Å². The molecule has 0 aliphatic heterocycles. The molecule has 80 valence electrons. The fourth-order valence-electron chi connectivity index (χ4n) is 0.865. The molecule has 0 saturated heterocycles. The van der Waals surface area contributed by atoms with Gasteiger partial charge in [0.15, 0.2) is 0 Å². The first-order chi connectivity index (χ1) is 6.02. The fraction of sp³-hybridized carbons (Fsp3) is 0.250. The van der Waals surface area contributed by atoms with Crippen LogP contribution in [0, 0.1) is 5.82 Å². The molecule has 0 fully saturated rings. The van der Waals surface area contributed by atoms with E-state index in [9.17, 15) is 13.2 Å². The molecule has 0 aliphatic carbocycles. The van der Waals surface area contributed by atoms with Gasteiger partial charge in [0.2, 0.25) is 0 Å². The highest BCUT2D eigenvalue weighted by Crippen LogP contribution is 2.22. The van der Waals surface area contributed by atoms with Crippen LogP contribution < -0.4 is 5.73 Å². The van der Waals surface area contributed by atoms with E-state index in [0.29, 0.717) is 0 Å². The monoisotopic (exact) mass is 245 g/mol. The van der Waals surface area contributed by atoms with Crippen LogP contribution in [0.3, 0.4) is 0 Å². The molecular formula is C8H8Cl2F3N. The van der Waals surface area contributed by atoms with Gasteiger partial charge in [-0.05, 0) is 17.7 Å². The number of benzene rings is 1. The van der Waals surface area contributed by atoms with Gasteiger partial charge in [-0.25, -0.2) is 13.2 Å². The van der Waals surface area contributed by atoms with E-state index in [2.05, 4.69) is 0 Å². The summed E-state index contributed by atoms with van der Waals surface area (Å²) in [7, 11) is 0. The molecule has 2 N–H and O–H groups in total. The predicted octanol–water partition coefficient (Wildman–Crippen LogP) is 3.17. The maximum atomic E-state index is 12.8. The minimum absolute atomic E-state index is 0. The van der Waals surface area contributed by atoms with Crippen molar-refractivity contribution in [3.63, 3.8) is 0 Å². The third-order valence-corrected chi connectivity index (χ3v) is 1.91. The van der Waals surface area contributed by atoms with E-state index in [1.54, 1.807) is 0 Å². The Labute approximate surface area is 90.5 Å². The molecule has 1 aromatic carbocycles. The Hall–Kier alpha value is -0.450. The summed E-state index contributed by atoms with van der Waals surface area (Å²) in [5, 5.41) is -0.106. The van der Waals surface area contributed by atoms with Gasteiger partial charge in [-0.15, -0.1) is 12.4 Å². The average Bonchev–Trinajstić information content (AvgIpc) is 2.08. The Bertz CT molecular complexity index is 307. The second kappa shape index (κ2) is 5.44.